The number of carbonyl (C=O) groups excluding carboxylic acids is 1. The van der Waals surface area contributed by atoms with Gasteiger partial charge in [-0.15, -0.1) is 0 Å². The monoisotopic (exact) mass is 246 g/mol. The van der Waals surface area contributed by atoms with E-state index in [2.05, 4.69) is 6.92 Å². The molecule has 3 nitrogen and oxygen atoms in total. The summed E-state index contributed by atoms with van der Waals surface area (Å²) in [4.78, 5) is 21.6. The zero-order valence-electron chi connectivity index (χ0n) is 10.0. The number of hydrogen-bond acceptors (Lipinski definition) is 3. The predicted molar refractivity (Wildman–Crippen MR) is 68.0 cm³/mol. The lowest BCUT2D eigenvalue weighted by atomic mass is 10.1. The maximum atomic E-state index is 11.4. The molecule has 0 saturated heterocycles. The minimum atomic E-state index is -0.740. The Bertz CT molecular complexity index is 204. The third kappa shape index (κ3) is 11.6. The summed E-state index contributed by atoms with van der Waals surface area (Å²) >= 11 is 1.68. The molecule has 0 aliphatic carbocycles. The first kappa shape index (κ1) is 15.5. The van der Waals surface area contributed by atoms with Crippen molar-refractivity contribution in [1.29, 1.82) is 0 Å². The summed E-state index contributed by atoms with van der Waals surface area (Å²) in [6.45, 7) is 2.13. The van der Waals surface area contributed by atoms with Crippen molar-refractivity contribution in [3.8, 4) is 0 Å². The molecule has 0 unspecified atom stereocenters. The van der Waals surface area contributed by atoms with Gasteiger partial charge in [0.2, 0.25) is 0 Å². The molecule has 0 bridgehead atoms. The number of ketones is 1. The number of hydrogen-bond donors (Lipinski definition) is 1. The highest BCUT2D eigenvalue weighted by molar-refractivity contribution is 7.99. The molecule has 0 saturated carbocycles. The number of carbonyl (C=O) groups is 2. The molecule has 0 fully saturated rings. The van der Waals surface area contributed by atoms with Crippen molar-refractivity contribution in [2.45, 2.75) is 51.9 Å². The quantitative estimate of drug-likeness (QED) is 0.569. The predicted octanol–water partition coefficient (Wildman–Crippen LogP) is 3.12. The van der Waals surface area contributed by atoms with E-state index in [1.54, 1.807) is 11.8 Å². The molecule has 0 rings (SSSR count). The zero-order chi connectivity index (χ0) is 12.2. The fourth-order valence-corrected chi connectivity index (χ4v) is 2.24. The number of aliphatic carboxylic acids is 1. The normalized spacial score (nSPS) is 10.3. The van der Waals surface area contributed by atoms with Gasteiger partial charge in [0.15, 0.2) is 0 Å². The van der Waals surface area contributed by atoms with E-state index >= 15 is 0 Å². The van der Waals surface area contributed by atoms with Crippen molar-refractivity contribution in [1.82, 2.24) is 0 Å². The van der Waals surface area contributed by atoms with Gasteiger partial charge in [0.05, 0.1) is 0 Å². The summed E-state index contributed by atoms with van der Waals surface area (Å²) in [5, 5.41) is 8.42. The standard InChI is InChI=1S/C12H22O3S/c1-2-3-4-6-11(13)8-10-16-9-5-7-12(14)15/h2-10H2,1H3,(H,14,15). The average Bonchev–Trinajstić information content (AvgIpc) is 2.23. The van der Waals surface area contributed by atoms with Gasteiger partial charge in [-0.25, -0.2) is 0 Å². The minimum absolute atomic E-state index is 0.234. The van der Waals surface area contributed by atoms with Crippen LogP contribution in [0, 0.1) is 0 Å². The first-order valence-corrected chi connectivity index (χ1v) is 7.13. The largest absolute Gasteiger partial charge is 0.481 e. The van der Waals surface area contributed by atoms with Gasteiger partial charge in [0, 0.05) is 25.0 Å². The number of carboxylic acids is 1. The highest BCUT2D eigenvalue weighted by atomic mass is 32.2. The first-order chi connectivity index (χ1) is 7.66. The maximum absolute atomic E-state index is 11.4. The number of unbranched alkanes of at least 4 members (excludes halogenated alkanes) is 2. The molecule has 0 spiro atoms. The van der Waals surface area contributed by atoms with Crippen molar-refractivity contribution >= 4 is 23.5 Å². The van der Waals surface area contributed by atoms with E-state index in [1.807, 2.05) is 0 Å². The molecule has 0 aliphatic heterocycles. The van der Waals surface area contributed by atoms with Crippen LogP contribution in [0.25, 0.3) is 0 Å². The lowest BCUT2D eigenvalue weighted by molar-refractivity contribution is -0.137. The highest BCUT2D eigenvalue weighted by Crippen LogP contribution is 2.09. The topological polar surface area (TPSA) is 54.4 Å². The van der Waals surface area contributed by atoms with Crippen LogP contribution in [0.2, 0.25) is 0 Å². The molecule has 0 aromatic rings. The summed E-state index contributed by atoms with van der Waals surface area (Å²) in [6, 6.07) is 0. The van der Waals surface area contributed by atoms with Crippen LogP contribution in [-0.2, 0) is 9.59 Å². The van der Waals surface area contributed by atoms with E-state index < -0.39 is 5.97 Å². The lowest BCUT2D eigenvalue weighted by Gasteiger charge is -2.00. The Morgan fingerprint density at radius 3 is 2.38 bits per heavy atom. The molecule has 0 radical (unpaired) electrons. The molecular formula is C12H22O3S. The third-order valence-electron chi connectivity index (χ3n) is 2.26. The Balaban J connectivity index is 3.18. The van der Waals surface area contributed by atoms with Crippen LogP contribution in [0.4, 0.5) is 0 Å². The molecule has 0 amide bonds. The Labute approximate surface area is 102 Å². The molecule has 0 aliphatic rings. The molecular weight excluding hydrogens is 224 g/mol. The van der Waals surface area contributed by atoms with Crippen molar-refractivity contribution in [3.63, 3.8) is 0 Å². The van der Waals surface area contributed by atoms with Gasteiger partial charge in [-0.05, 0) is 18.6 Å². The van der Waals surface area contributed by atoms with Crippen LogP contribution in [-0.4, -0.2) is 28.4 Å². The summed E-state index contributed by atoms with van der Waals surface area (Å²) in [5.74, 6) is 1.29. The van der Waals surface area contributed by atoms with Crippen molar-refractivity contribution < 1.29 is 14.7 Å². The van der Waals surface area contributed by atoms with E-state index in [1.165, 1.54) is 0 Å². The van der Waals surface area contributed by atoms with E-state index in [4.69, 9.17) is 5.11 Å². The average molecular weight is 246 g/mol. The second-order valence-electron chi connectivity index (χ2n) is 3.86. The highest BCUT2D eigenvalue weighted by Gasteiger charge is 2.02. The van der Waals surface area contributed by atoms with Gasteiger partial charge in [-0.3, -0.25) is 9.59 Å². The Morgan fingerprint density at radius 2 is 1.75 bits per heavy atom. The number of thioether (sulfide) groups is 1. The number of Topliss-reactive ketones (excluding diaryl/α,β-unsaturated/α-hetero) is 1. The zero-order valence-corrected chi connectivity index (χ0v) is 10.9. The van der Waals surface area contributed by atoms with Crippen LogP contribution >= 0.6 is 11.8 Å². The molecule has 0 aromatic carbocycles. The fraction of sp³-hybridized carbons (Fsp3) is 0.833. The van der Waals surface area contributed by atoms with Crippen LogP contribution in [0.5, 0.6) is 0 Å². The molecule has 0 aromatic heterocycles. The van der Waals surface area contributed by atoms with E-state index in [-0.39, 0.29) is 6.42 Å². The van der Waals surface area contributed by atoms with Gasteiger partial charge in [-0.1, -0.05) is 19.8 Å². The molecule has 0 atom stereocenters. The van der Waals surface area contributed by atoms with Crippen molar-refractivity contribution in [3.05, 3.63) is 0 Å². The van der Waals surface area contributed by atoms with Crippen LogP contribution in [0.1, 0.15) is 51.9 Å². The van der Waals surface area contributed by atoms with Crippen molar-refractivity contribution in [2.24, 2.45) is 0 Å². The van der Waals surface area contributed by atoms with Gasteiger partial charge in [0.1, 0.15) is 5.78 Å². The van der Waals surface area contributed by atoms with E-state index in [0.717, 1.165) is 30.8 Å². The Morgan fingerprint density at radius 1 is 1.00 bits per heavy atom. The van der Waals surface area contributed by atoms with Crippen molar-refractivity contribution in [2.75, 3.05) is 11.5 Å². The second-order valence-corrected chi connectivity index (χ2v) is 5.08. The number of rotatable bonds is 11. The summed E-state index contributed by atoms with van der Waals surface area (Å²) in [6.07, 6.45) is 5.58. The SMILES string of the molecule is CCCCCC(=O)CCSCCCC(=O)O. The first-order valence-electron chi connectivity index (χ1n) is 5.98. The van der Waals surface area contributed by atoms with Gasteiger partial charge < -0.3 is 5.11 Å². The lowest BCUT2D eigenvalue weighted by Crippen LogP contribution is -2.00. The molecule has 16 heavy (non-hydrogen) atoms. The van der Waals surface area contributed by atoms with Crippen LogP contribution < -0.4 is 0 Å². The van der Waals surface area contributed by atoms with Crippen LogP contribution in [0.3, 0.4) is 0 Å². The maximum Gasteiger partial charge on any atom is 0.303 e. The molecule has 94 valence electrons. The molecule has 0 heterocycles. The van der Waals surface area contributed by atoms with Gasteiger partial charge >= 0.3 is 5.97 Å². The minimum Gasteiger partial charge on any atom is -0.481 e. The van der Waals surface area contributed by atoms with Gasteiger partial charge in [0.25, 0.3) is 0 Å². The number of carboxylic acid groups (broad SMARTS) is 1. The smallest absolute Gasteiger partial charge is 0.303 e. The summed E-state index contributed by atoms with van der Waals surface area (Å²) in [7, 11) is 0. The Kier molecular flexibility index (Phi) is 10.6. The second kappa shape index (κ2) is 11.0. The van der Waals surface area contributed by atoms with E-state index in [9.17, 15) is 9.59 Å². The molecule has 1 N–H and O–H groups in total. The molecule has 4 heteroatoms. The Hall–Kier alpha value is -0.510. The van der Waals surface area contributed by atoms with Crippen LogP contribution in [0.15, 0.2) is 0 Å². The fourth-order valence-electron chi connectivity index (χ4n) is 1.31. The van der Waals surface area contributed by atoms with Gasteiger partial charge in [-0.2, -0.15) is 11.8 Å². The summed E-state index contributed by atoms with van der Waals surface area (Å²) < 4.78 is 0. The summed E-state index contributed by atoms with van der Waals surface area (Å²) in [5.41, 5.74) is 0. The third-order valence-corrected chi connectivity index (χ3v) is 3.33. The van der Waals surface area contributed by atoms with E-state index in [0.29, 0.717) is 25.0 Å².